The van der Waals surface area contributed by atoms with Crippen molar-refractivity contribution >= 4 is 6.29 Å². The van der Waals surface area contributed by atoms with E-state index < -0.39 is 11.4 Å². The highest BCUT2D eigenvalue weighted by Crippen LogP contribution is 2.45. The Labute approximate surface area is 81.4 Å². The van der Waals surface area contributed by atoms with Crippen molar-refractivity contribution < 1.29 is 14.3 Å². The number of hydrogen-bond donors (Lipinski definition) is 1. The van der Waals surface area contributed by atoms with E-state index >= 15 is 0 Å². The first-order valence-electron chi connectivity index (χ1n) is 4.62. The highest BCUT2D eigenvalue weighted by molar-refractivity contribution is 5.67. The normalized spacial score (nSPS) is 20.1. The zero-order valence-corrected chi connectivity index (χ0v) is 7.61. The lowest BCUT2D eigenvalue weighted by molar-refractivity contribution is -0.127. The summed E-state index contributed by atoms with van der Waals surface area (Å²) in [7, 11) is 0. The SMILES string of the molecule is O=CC(O)(c1ccccc1F)C1CC1. The fourth-order valence-corrected chi connectivity index (χ4v) is 1.69. The van der Waals surface area contributed by atoms with E-state index in [2.05, 4.69) is 0 Å². The Hall–Kier alpha value is -1.22. The number of rotatable bonds is 3. The van der Waals surface area contributed by atoms with E-state index in [0.29, 0.717) is 6.29 Å². The molecule has 2 rings (SSSR count). The number of halogens is 1. The maximum absolute atomic E-state index is 13.3. The quantitative estimate of drug-likeness (QED) is 0.742. The number of carbonyl (C=O) groups excluding carboxylic acids is 1. The van der Waals surface area contributed by atoms with Gasteiger partial charge in [0.15, 0.2) is 11.9 Å². The van der Waals surface area contributed by atoms with Gasteiger partial charge < -0.3 is 5.11 Å². The second-order valence-corrected chi connectivity index (χ2v) is 3.70. The Morgan fingerprint density at radius 2 is 2.07 bits per heavy atom. The van der Waals surface area contributed by atoms with Gasteiger partial charge in [-0.05, 0) is 24.8 Å². The van der Waals surface area contributed by atoms with Gasteiger partial charge in [0.25, 0.3) is 0 Å². The summed E-state index contributed by atoms with van der Waals surface area (Å²) >= 11 is 0. The molecule has 1 aliphatic carbocycles. The van der Waals surface area contributed by atoms with E-state index in [0.717, 1.165) is 12.8 Å². The van der Waals surface area contributed by atoms with Gasteiger partial charge >= 0.3 is 0 Å². The largest absolute Gasteiger partial charge is 0.377 e. The Bertz CT molecular complexity index is 360. The van der Waals surface area contributed by atoms with Crippen LogP contribution >= 0.6 is 0 Å². The summed E-state index contributed by atoms with van der Waals surface area (Å²) in [4.78, 5) is 10.8. The third kappa shape index (κ3) is 1.34. The Kier molecular flexibility index (Phi) is 2.11. The van der Waals surface area contributed by atoms with Crippen molar-refractivity contribution in [2.45, 2.75) is 18.4 Å². The molecule has 1 unspecified atom stereocenters. The zero-order chi connectivity index (χ0) is 10.2. The number of hydrogen-bond acceptors (Lipinski definition) is 2. The molecule has 0 bridgehead atoms. The number of carbonyl (C=O) groups is 1. The molecule has 1 N–H and O–H groups in total. The lowest BCUT2D eigenvalue weighted by Gasteiger charge is -2.22. The van der Waals surface area contributed by atoms with Crippen LogP contribution in [0.1, 0.15) is 18.4 Å². The molecular formula is C11H11FO2. The lowest BCUT2D eigenvalue weighted by atomic mass is 9.90. The van der Waals surface area contributed by atoms with Crippen molar-refractivity contribution in [1.82, 2.24) is 0 Å². The average molecular weight is 194 g/mol. The van der Waals surface area contributed by atoms with Gasteiger partial charge in [-0.25, -0.2) is 4.39 Å². The first-order chi connectivity index (χ1) is 6.68. The maximum atomic E-state index is 13.3. The minimum atomic E-state index is -1.62. The third-order valence-electron chi connectivity index (χ3n) is 2.68. The molecule has 3 heteroatoms. The minimum absolute atomic E-state index is 0.0949. The fraction of sp³-hybridized carbons (Fsp3) is 0.364. The first kappa shape index (κ1) is 9.34. The molecule has 1 aliphatic rings. The molecular weight excluding hydrogens is 183 g/mol. The summed E-state index contributed by atoms with van der Waals surface area (Å²) in [6.07, 6.45) is 2.01. The molecule has 0 amide bonds. The molecule has 1 aromatic carbocycles. The van der Waals surface area contributed by atoms with Crippen LogP contribution in [0.25, 0.3) is 0 Å². The van der Waals surface area contributed by atoms with Crippen molar-refractivity contribution in [1.29, 1.82) is 0 Å². The van der Waals surface area contributed by atoms with E-state index in [9.17, 15) is 14.3 Å². The third-order valence-corrected chi connectivity index (χ3v) is 2.68. The molecule has 2 nitrogen and oxygen atoms in total. The fourth-order valence-electron chi connectivity index (χ4n) is 1.69. The minimum Gasteiger partial charge on any atom is -0.377 e. The van der Waals surface area contributed by atoms with E-state index in [-0.39, 0.29) is 11.5 Å². The summed E-state index contributed by atoms with van der Waals surface area (Å²) < 4.78 is 13.3. The number of benzene rings is 1. The summed E-state index contributed by atoms with van der Waals surface area (Å²) in [6, 6.07) is 5.88. The molecule has 1 atom stereocenters. The smallest absolute Gasteiger partial charge is 0.156 e. The van der Waals surface area contributed by atoms with Crippen LogP contribution in [-0.2, 0) is 10.4 Å². The van der Waals surface area contributed by atoms with Gasteiger partial charge in [-0.2, -0.15) is 0 Å². The van der Waals surface area contributed by atoms with E-state index in [1.165, 1.54) is 18.2 Å². The van der Waals surface area contributed by atoms with Crippen LogP contribution < -0.4 is 0 Å². The van der Waals surface area contributed by atoms with Crippen LogP contribution in [0.15, 0.2) is 24.3 Å². The highest BCUT2D eigenvalue weighted by atomic mass is 19.1. The van der Waals surface area contributed by atoms with Gasteiger partial charge in [0.1, 0.15) is 5.82 Å². The summed E-state index contributed by atoms with van der Waals surface area (Å²) in [5.41, 5.74) is -1.52. The van der Waals surface area contributed by atoms with E-state index in [1.807, 2.05) is 0 Å². The van der Waals surface area contributed by atoms with Crippen molar-refractivity contribution in [2.75, 3.05) is 0 Å². The van der Waals surface area contributed by atoms with E-state index in [1.54, 1.807) is 6.07 Å². The van der Waals surface area contributed by atoms with Gasteiger partial charge in [-0.3, -0.25) is 4.79 Å². The average Bonchev–Trinajstić information content (AvgIpc) is 3.01. The Balaban J connectivity index is 2.45. The van der Waals surface area contributed by atoms with Crippen LogP contribution in [0.2, 0.25) is 0 Å². The van der Waals surface area contributed by atoms with Crippen molar-refractivity contribution in [3.05, 3.63) is 35.6 Å². The molecule has 0 radical (unpaired) electrons. The van der Waals surface area contributed by atoms with Crippen molar-refractivity contribution in [3.63, 3.8) is 0 Å². The van der Waals surface area contributed by atoms with Crippen molar-refractivity contribution in [3.8, 4) is 0 Å². The number of aliphatic hydroxyl groups is 1. The summed E-state index contributed by atoms with van der Waals surface area (Å²) in [5.74, 6) is -0.633. The van der Waals surface area contributed by atoms with Crippen LogP contribution in [-0.4, -0.2) is 11.4 Å². The van der Waals surface area contributed by atoms with Crippen LogP contribution in [0.3, 0.4) is 0 Å². The molecule has 0 aromatic heterocycles. The molecule has 1 aromatic rings. The molecule has 0 heterocycles. The molecule has 0 saturated heterocycles. The first-order valence-corrected chi connectivity index (χ1v) is 4.62. The topological polar surface area (TPSA) is 37.3 Å². The van der Waals surface area contributed by atoms with Crippen molar-refractivity contribution in [2.24, 2.45) is 5.92 Å². The maximum Gasteiger partial charge on any atom is 0.156 e. The summed E-state index contributed by atoms with van der Waals surface area (Å²) in [5, 5.41) is 10.0. The molecule has 0 spiro atoms. The Morgan fingerprint density at radius 3 is 2.57 bits per heavy atom. The monoisotopic (exact) mass is 194 g/mol. The molecule has 1 fully saturated rings. The predicted molar refractivity (Wildman–Crippen MR) is 49.1 cm³/mol. The van der Waals surface area contributed by atoms with Gasteiger partial charge in [-0.15, -0.1) is 0 Å². The summed E-state index contributed by atoms with van der Waals surface area (Å²) in [6.45, 7) is 0. The molecule has 0 aliphatic heterocycles. The van der Waals surface area contributed by atoms with Gasteiger partial charge in [0, 0.05) is 5.56 Å². The molecule has 1 saturated carbocycles. The molecule has 74 valence electrons. The van der Waals surface area contributed by atoms with E-state index in [4.69, 9.17) is 0 Å². The van der Waals surface area contributed by atoms with Gasteiger partial charge in [0.2, 0.25) is 0 Å². The standard InChI is InChI=1S/C11H11FO2/c12-10-4-2-1-3-9(10)11(14,7-13)8-5-6-8/h1-4,7-8,14H,5-6H2. The second kappa shape index (κ2) is 3.17. The van der Waals surface area contributed by atoms with Crippen LogP contribution in [0.5, 0.6) is 0 Å². The van der Waals surface area contributed by atoms with Crippen LogP contribution in [0, 0.1) is 11.7 Å². The molecule has 14 heavy (non-hydrogen) atoms. The van der Waals surface area contributed by atoms with Gasteiger partial charge in [0.05, 0.1) is 0 Å². The number of aldehydes is 1. The predicted octanol–water partition coefficient (Wildman–Crippen LogP) is 1.62. The van der Waals surface area contributed by atoms with Gasteiger partial charge in [-0.1, -0.05) is 18.2 Å². The lowest BCUT2D eigenvalue weighted by Crippen LogP contribution is -2.31. The highest BCUT2D eigenvalue weighted by Gasteiger charge is 2.46. The van der Waals surface area contributed by atoms with Crippen LogP contribution in [0.4, 0.5) is 4.39 Å². The zero-order valence-electron chi connectivity index (χ0n) is 7.61. The Morgan fingerprint density at radius 1 is 1.43 bits per heavy atom. The second-order valence-electron chi connectivity index (χ2n) is 3.70.